The number of hydrogen-bond donors (Lipinski definition) is 1. The molecule has 0 fully saturated rings. The molecule has 0 saturated heterocycles. The van der Waals surface area contributed by atoms with Crippen LogP contribution in [0.5, 0.6) is 0 Å². The van der Waals surface area contributed by atoms with Gasteiger partial charge in [-0.3, -0.25) is 0 Å². The summed E-state index contributed by atoms with van der Waals surface area (Å²) in [4.78, 5) is 8.93. The van der Waals surface area contributed by atoms with Gasteiger partial charge >= 0.3 is 0 Å². The quantitative estimate of drug-likeness (QED) is 0.520. The number of pyridine rings is 1. The first-order chi connectivity index (χ1) is 12.7. The smallest absolute Gasteiger partial charge is 0.231 e. The van der Waals surface area contributed by atoms with E-state index < -0.39 is 0 Å². The lowest BCUT2D eigenvalue weighted by Crippen LogP contribution is -2.20. The van der Waals surface area contributed by atoms with Crippen LogP contribution in [0.1, 0.15) is 35.9 Å². The molecular formula is C19H18BrN5O. The zero-order chi connectivity index (χ0) is 17.9. The van der Waals surface area contributed by atoms with Crippen LogP contribution in [0.15, 0.2) is 63.9 Å². The van der Waals surface area contributed by atoms with Crippen molar-refractivity contribution in [2.24, 2.45) is 0 Å². The molecule has 0 aliphatic rings. The van der Waals surface area contributed by atoms with Crippen molar-refractivity contribution in [1.29, 1.82) is 0 Å². The summed E-state index contributed by atoms with van der Waals surface area (Å²) >= 11 is 3.50. The molecule has 0 amide bonds. The molecule has 0 aliphatic heterocycles. The van der Waals surface area contributed by atoms with E-state index in [0.717, 1.165) is 21.4 Å². The van der Waals surface area contributed by atoms with Crippen LogP contribution in [0.3, 0.4) is 0 Å². The van der Waals surface area contributed by atoms with Gasteiger partial charge in [0, 0.05) is 17.2 Å². The Morgan fingerprint density at radius 3 is 2.88 bits per heavy atom. The summed E-state index contributed by atoms with van der Waals surface area (Å²) in [5.74, 6) is 1.28. The number of rotatable bonds is 6. The lowest BCUT2D eigenvalue weighted by molar-refractivity contribution is 0.372. The fourth-order valence-electron chi connectivity index (χ4n) is 2.77. The highest BCUT2D eigenvalue weighted by molar-refractivity contribution is 9.10. The van der Waals surface area contributed by atoms with E-state index in [-0.39, 0.29) is 6.04 Å². The van der Waals surface area contributed by atoms with Crippen molar-refractivity contribution in [3.8, 4) is 0 Å². The molecule has 132 valence electrons. The second-order valence-corrected chi connectivity index (χ2v) is 7.05. The molecule has 26 heavy (non-hydrogen) atoms. The van der Waals surface area contributed by atoms with Gasteiger partial charge in [0.25, 0.3) is 0 Å². The maximum absolute atomic E-state index is 5.39. The number of benzene rings is 1. The van der Waals surface area contributed by atoms with Gasteiger partial charge in [-0.05, 0) is 40.5 Å². The molecule has 6 nitrogen and oxygen atoms in total. The topological polar surface area (TPSA) is 68.2 Å². The molecular weight excluding hydrogens is 394 g/mol. The highest BCUT2D eigenvalue weighted by Crippen LogP contribution is 2.16. The first-order valence-electron chi connectivity index (χ1n) is 8.40. The van der Waals surface area contributed by atoms with Crippen molar-refractivity contribution in [1.82, 2.24) is 24.8 Å². The lowest BCUT2D eigenvalue weighted by atomic mass is 10.1. The number of imidazole rings is 1. The number of nitrogens with one attached hydrogen (secondary N) is 1. The molecule has 0 unspecified atom stereocenters. The SMILES string of the molecule is C[C@@H](NCc1cnc2ccc(Br)cn12)c1noc(Cc2ccccc2)n1. The van der Waals surface area contributed by atoms with Gasteiger partial charge in [0.2, 0.25) is 5.89 Å². The van der Waals surface area contributed by atoms with E-state index in [4.69, 9.17) is 4.52 Å². The van der Waals surface area contributed by atoms with Crippen LogP contribution in [0.2, 0.25) is 0 Å². The van der Waals surface area contributed by atoms with Crippen LogP contribution in [0, 0.1) is 0 Å². The van der Waals surface area contributed by atoms with E-state index >= 15 is 0 Å². The highest BCUT2D eigenvalue weighted by Gasteiger charge is 2.14. The van der Waals surface area contributed by atoms with Crippen molar-refractivity contribution in [3.05, 3.63) is 82.3 Å². The molecule has 0 bridgehead atoms. The van der Waals surface area contributed by atoms with Crippen molar-refractivity contribution in [2.75, 3.05) is 0 Å². The number of hydrogen-bond acceptors (Lipinski definition) is 5. The van der Waals surface area contributed by atoms with Crippen LogP contribution in [0.25, 0.3) is 5.65 Å². The Morgan fingerprint density at radius 2 is 2.04 bits per heavy atom. The second kappa shape index (κ2) is 7.39. The van der Waals surface area contributed by atoms with E-state index in [1.807, 2.05) is 49.6 Å². The maximum atomic E-state index is 5.39. The van der Waals surface area contributed by atoms with Crippen LogP contribution in [0.4, 0.5) is 0 Å². The van der Waals surface area contributed by atoms with Gasteiger partial charge in [-0.1, -0.05) is 35.5 Å². The number of halogens is 1. The first-order valence-corrected chi connectivity index (χ1v) is 9.19. The van der Waals surface area contributed by atoms with Gasteiger partial charge in [-0.15, -0.1) is 0 Å². The molecule has 0 spiro atoms. The van der Waals surface area contributed by atoms with E-state index in [1.54, 1.807) is 0 Å². The predicted octanol–water partition coefficient (Wildman–Crippen LogP) is 3.92. The van der Waals surface area contributed by atoms with Crippen molar-refractivity contribution in [3.63, 3.8) is 0 Å². The van der Waals surface area contributed by atoms with Gasteiger partial charge in [0.1, 0.15) is 5.65 Å². The molecule has 3 aromatic heterocycles. The minimum atomic E-state index is -0.0269. The molecule has 1 N–H and O–H groups in total. The van der Waals surface area contributed by atoms with Gasteiger partial charge in [0.05, 0.1) is 24.4 Å². The zero-order valence-electron chi connectivity index (χ0n) is 14.3. The Balaban J connectivity index is 1.42. The van der Waals surface area contributed by atoms with Crippen LogP contribution < -0.4 is 5.32 Å². The van der Waals surface area contributed by atoms with Gasteiger partial charge in [-0.25, -0.2) is 4.98 Å². The van der Waals surface area contributed by atoms with E-state index in [1.165, 1.54) is 0 Å². The molecule has 0 saturated carbocycles. The van der Waals surface area contributed by atoms with Gasteiger partial charge in [-0.2, -0.15) is 4.98 Å². The summed E-state index contributed by atoms with van der Waals surface area (Å²) in [6.07, 6.45) is 4.52. The van der Waals surface area contributed by atoms with Crippen LogP contribution >= 0.6 is 15.9 Å². The number of nitrogens with zero attached hydrogens (tertiary/aromatic N) is 4. The minimum absolute atomic E-state index is 0.0269. The molecule has 1 atom stereocenters. The van der Waals surface area contributed by atoms with E-state index in [0.29, 0.717) is 24.7 Å². The summed E-state index contributed by atoms with van der Waals surface area (Å²) in [6, 6.07) is 14.0. The number of aromatic nitrogens is 4. The summed E-state index contributed by atoms with van der Waals surface area (Å²) in [5, 5.41) is 7.54. The Morgan fingerprint density at radius 1 is 1.19 bits per heavy atom. The third kappa shape index (κ3) is 3.68. The first kappa shape index (κ1) is 16.9. The second-order valence-electron chi connectivity index (χ2n) is 6.14. The largest absolute Gasteiger partial charge is 0.339 e. The molecule has 0 radical (unpaired) electrons. The van der Waals surface area contributed by atoms with Crippen molar-refractivity contribution in [2.45, 2.75) is 25.9 Å². The molecule has 4 rings (SSSR count). The summed E-state index contributed by atoms with van der Waals surface area (Å²) in [6.45, 7) is 2.68. The monoisotopic (exact) mass is 411 g/mol. The normalized spacial score (nSPS) is 12.5. The van der Waals surface area contributed by atoms with E-state index in [9.17, 15) is 0 Å². The highest BCUT2D eigenvalue weighted by atomic mass is 79.9. The third-order valence-corrected chi connectivity index (χ3v) is 4.67. The summed E-state index contributed by atoms with van der Waals surface area (Å²) in [5.41, 5.74) is 3.14. The fraction of sp³-hybridized carbons (Fsp3) is 0.211. The minimum Gasteiger partial charge on any atom is -0.339 e. The Kier molecular flexibility index (Phi) is 4.81. The average Bonchev–Trinajstić information content (AvgIpc) is 3.27. The Labute approximate surface area is 159 Å². The van der Waals surface area contributed by atoms with Crippen LogP contribution in [-0.2, 0) is 13.0 Å². The van der Waals surface area contributed by atoms with E-state index in [2.05, 4.69) is 52.9 Å². The average molecular weight is 412 g/mol. The lowest BCUT2D eigenvalue weighted by Gasteiger charge is -2.09. The van der Waals surface area contributed by atoms with Crippen LogP contribution in [-0.4, -0.2) is 19.5 Å². The van der Waals surface area contributed by atoms with Gasteiger partial charge in [0.15, 0.2) is 5.82 Å². The van der Waals surface area contributed by atoms with Gasteiger partial charge < -0.3 is 14.2 Å². The molecule has 7 heteroatoms. The third-order valence-electron chi connectivity index (χ3n) is 4.20. The molecule has 3 heterocycles. The summed E-state index contributed by atoms with van der Waals surface area (Å²) < 4.78 is 8.46. The Bertz CT molecular complexity index is 1010. The molecule has 0 aliphatic carbocycles. The maximum Gasteiger partial charge on any atom is 0.231 e. The zero-order valence-corrected chi connectivity index (χ0v) is 15.8. The molecule has 1 aromatic carbocycles. The summed E-state index contributed by atoms with van der Waals surface area (Å²) in [7, 11) is 0. The Hall–Kier alpha value is -2.51. The molecule has 4 aromatic rings. The number of fused-ring (bicyclic) bond motifs is 1. The fourth-order valence-corrected chi connectivity index (χ4v) is 3.11. The van der Waals surface area contributed by atoms with Crippen molar-refractivity contribution >= 4 is 21.6 Å². The predicted molar refractivity (Wildman–Crippen MR) is 102 cm³/mol. The standard InChI is InChI=1S/C19H18BrN5O/c1-13(19-23-18(26-24-19)9-14-5-3-2-4-6-14)21-10-16-11-22-17-8-7-15(20)12-25(16)17/h2-8,11-13,21H,9-10H2,1H3/t13-/m1/s1. The van der Waals surface area contributed by atoms with Crippen molar-refractivity contribution < 1.29 is 4.52 Å².